The van der Waals surface area contributed by atoms with E-state index in [0.29, 0.717) is 12.2 Å². The number of benzene rings is 1. The zero-order valence-corrected chi connectivity index (χ0v) is 14.1. The number of carbonyl (C=O) groups is 1. The maximum absolute atomic E-state index is 14.5. The Morgan fingerprint density at radius 2 is 1.81 bits per heavy atom. The van der Waals surface area contributed by atoms with Gasteiger partial charge in [-0.25, -0.2) is 22.9 Å². The minimum atomic E-state index is -1.97. The van der Waals surface area contributed by atoms with Gasteiger partial charge in [0, 0.05) is 6.42 Å². The zero-order valence-electron chi connectivity index (χ0n) is 13.2. The molecule has 0 aliphatic carbocycles. The molecule has 138 valence electrons. The van der Waals surface area contributed by atoms with Gasteiger partial charge in [-0.15, -0.1) is 0 Å². The number of nitrogens with zero attached hydrogens (tertiary/aromatic N) is 1. The van der Waals surface area contributed by atoms with Gasteiger partial charge in [0.15, 0.2) is 0 Å². The molecule has 0 amide bonds. The average molecular weight is 385 g/mol. The second-order valence-corrected chi connectivity index (χ2v) is 7.32. The van der Waals surface area contributed by atoms with Crippen LogP contribution in [0.5, 0.6) is 0 Å². The van der Waals surface area contributed by atoms with Gasteiger partial charge < -0.3 is 15.3 Å². The predicted octanol–water partition coefficient (Wildman–Crippen LogP) is 3.11. The van der Waals surface area contributed by atoms with Crippen molar-refractivity contribution in [1.29, 1.82) is 0 Å². The van der Waals surface area contributed by atoms with Crippen LogP contribution in [0, 0.1) is 17.5 Å². The van der Waals surface area contributed by atoms with Crippen molar-refractivity contribution in [2.75, 3.05) is 5.75 Å². The number of carboxylic acid groups (broad SMARTS) is 1. The third kappa shape index (κ3) is 3.69. The average Bonchev–Trinajstić information content (AvgIpc) is 2.54. The van der Waals surface area contributed by atoms with Crippen molar-refractivity contribution in [3.63, 3.8) is 0 Å². The molecule has 2 aromatic rings. The third-order valence-electron chi connectivity index (χ3n) is 4.15. The van der Waals surface area contributed by atoms with Gasteiger partial charge in [-0.3, -0.25) is 0 Å². The Labute approximate surface area is 150 Å². The SMILES string of the molecule is O=C(O)c1ccc(F)c(-c2c(F)cc(C3CCSC(O)(O)C3)cc2F)n1. The quantitative estimate of drug-likeness (QED) is 0.704. The van der Waals surface area contributed by atoms with Crippen LogP contribution < -0.4 is 0 Å². The van der Waals surface area contributed by atoms with Gasteiger partial charge >= 0.3 is 5.97 Å². The van der Waals surface area contributed by atoms with E-state index in [0.717, 1.165) is 36.0 Å². The number of hydrogen-bond donors (Lipinski definition) is 3. The minimum absolute atomic E-state index is 0.100. The molecule has 3 rings (SSSR count). The molecule has 26 heavy (non-hydrogen) atoms. The maximum Gasteiger partial charge on any atom is 0.354 e. The molecule has 1 aliphatic heterocycles. The number of hydrogen-bond acceptors (Lipinski definition) is 5. The fourth-order valence-electron chi connectivity index (χ4n) is 2.92. The molecule has 1 aliphatic rings. The fourth-order valence-corrected chi connectivity index (χ4v) is 3.97. The fraction of sp³-hybridized carbons (Fsp3) is 0.294. The summed E-state index contributed by atoms with van der Waals surface area (Å²) in [5.41, 5.74) is -1.83. The number of rotatable bonds is 3. The Morgan fingerprint density at radius 1 is 1.15 bits per heavy atom. The first-order valence-electron chi connectivity index (χ1n) is 7.66. The molecular weight excluding hydrogens is 371 g/mol. The first-order chi connectivity index (χ1) is 12.2. The van der Waals surface area contributed by atoms with Gasteiger partial charge in [-0.05, 0) is 47.9 Å². The van der Waals surface area contributed by atoms with E-state index in [1.54, 1.807) is 0 Å². The Kier molecular flexibility index (Phi) is 4.96. The number of pyridine rings is 1. The van der Waals surface area contributed by atoms with E-state index < -0.39 is 51.4 Å². The lowest BCUT2D eigenvalue weighted by molar-refractivity contribution is -0.0886. The van der Waals surface area contributed by atoms with Crippen LogP contribution in [0.1, 0.15) is 34.8 Å². The molecule has 2 heterocycles. The summed E-state index contributed by atoms with van der Waals surface area (Å²) in [7, 11) is 0. The summed E-state index contributed by atoms with van der Waals surface area (Å²) in [6.45, 7) is 0. The molecule has 3 N–H and O–H groups in total. The molecular formula is C17H14F3NO4S. The summed E-state index contributed by atoms with van der Waals surface area (Å²) < 4.78 is 43.0. The highest BCUT2D eigenvalue weighted by atomic mass is 32.2. The molecule has 1 aromatic carbocycles. The summed E-state index contributed by atoms with van der Waals surface area (Å²) in [5, 5.41) is 26.4. The molecule has 1 fully saturated rings. The lowest BCUT2D eigenvalue weighted by Gasteiger charge is -2.32. The first kappa shape index (κ1) is 18.7. The van der Waals surface area contributed by atoms with Crippen LogP contribution >= 0.6 is 11.8 Å². The van der Waals surface area contributed by atoms with Crippen LogP contribution in [0.2, 0.25) is 0 Å². The normalized spacial score (nSPS) is 19.3. The van der Waals surface area contributed by atoms with Gasteiger partial charge in [0.05, 0.1) is 5.56 Å². The number of carboxylic acids is 1. The van der Waals surface area contributed by atoms with E-state index in [1.165, 1.54) is 0 Å². The van der Waals surface area contributed by atoms with Gasteiger partial charge in [-0.1, -0.05) is 11.8 Å². The van der Waals surface area contributed by atoms with Crippen molar-refractivity contribution in [1.82, 2.24) is 4.98 Å². The maximum atomic E-state index is 14.5. The number of aromatic nitrogens is 1. The molecule has 5 nitrogen and oxygen atoms in total. The second-order valence-electron chi connectivity index (χ2n) is 5.97. The second kappa shape index (κ2) is 6.90. The third-order valence-corrected chi connectivity index (χ3v) is 5.22. The number of halogens is 3. The molecule has 0 saturated carbocycles. The van der Waals surface area contributed by atoms with Gasteiger partial charge in [0.2, 0.25) is 5.12 Å². The van der Waals surface area contributed by atoms with E-state index in [1.807, 2.05) is 0 Å². The highest BCUT2D eigenvalue weighted by Crippen LogP contribution is 2.41. The van der Waals surface area contributed by atoms with Crippen LogP contribution in [0.3, 0.4) is 0 Å². The summed E-state index contributed by atoms with van der Waals surface area (Å²) in [6.07, 6.45) is 0.393. The molecule has 9 heteroatoms. The summed E-state index contributed by atoms with van der Waals surface area (Å²) in [6, 6.07) is 3.66. The van der Waals surface area contributed by atoms with Crippen LogP contribution in [-0.4, -0.2) is 37.1 Å². The van der Waals surface area contributed by atoms with Gasteiger partial charge in [0.25, 0.3) is 0 Å². The molecule has 1 aromatic heterocycles. The van der Waals surface area contributed by atoms with E-state index in [2.05, 4.69) is 4.98 Å². The van der Waals surface area contributed by atoms with Crippen LogP contribution in [0.15, 0.2) is 24.3 Å². The van der Waals surface area contributed by atoms with Crippen molar-refractivity contribution in [2.24, 2.45) is 0 Å². The highest BCUT2D eigenvalue weighted by Gasteiger charge is 2.34. The monoisotopic (exact) mass is 385 g/mol. The molecule has 1 unspecified atom stereocenters. The zero-order chi connectivity index (χ0) is 19.1. The molecule has 1 saturated heterocycles. The molecule has 0 radical (unpaired) electrons. The minimum Gasteiger partial charge on any atom is -0.477 e. The number of aromatic carboxylic acids is 1. The van der Waals surface area contributed by atoms with E-state index in [4.69, 9.17) is 5.11 Å². The largest absolute Gasteiger partial charge is 0.477 e. The highest BCUT2D eigenvalue weighted by molar-refractivity contribution is 8.00. The number of aliphatic hydroxyl groups is 2. The molecule has 0 bridgehead atoms. The van der Waals surface area contributed by atoms with E-state index in [-0.39, 0.29) is 12.0 Å². The topological polar surface area (TPSA) is 90.7 Å². The van der Waals surface area contributed by atoms with Crippen molar-refractivity contribution in [3.8, 4) is 11.3 Å². The van der Waals surface area contributed by atoms with E-state index >= 15 is 0 Å². The molecule has 0 spiro atoms. The van der Waals surface area contributed by atoms with Crippen molar-refractivity contribution in [2.45, 2.75) is 23.9 Å². The van der Waals surface area contributed by atoms with Crippen LogP contribution in [-0.2, 0) is 0 Å². The summed E-state index contributed by atoms with van der Waals surface area (Å²) in [5.74, 6) is -4.79. The van der Waals surface area contributed by atoms with Crippen molar-refractivity contribution in [3.05, 3.63) is 53.0 Å². The Morgan fingerprint density at radius 3 is 2.38 bits per heavy atom. The Hall–Kier alpha value is -2.10. The van der Waals surface area contributed by atoms with Gasteiger partial charge in [0.1, 0.15) is 28.8 Å². The van der Waals surface area contributed by atoms with E-state index in [9.17, 15) is 28.2 Å². The summed E-state index contributed by atoms with van der Waals surface area (Å²) >= 11 is 0.942. The number of thioether (sulfide) groups is 1. The lowest BCUT2D eigenvalue weighted by Crippen LogP contribution is -2.31. The standard InChI is InChI=1S/C17H14F3NO4S/c18-10-1-2-13(16(22)23)21-15(10)14-11(19)5-9(6-12(14)20)8-3-4-26-17(24,25)7-8/h1-2,5-6,8,24-25H,3-4,7H2,(H,22,23). The van der Waals surface area contributed by atoms with Crippen molar-refractivity contribution >= 4 is 17.7 Å². The Balaban J connectivity index is 2.04. The van der Waals surface area contributed by atoms with Crippen LogP contribution in [0.25, 0.3) is 11.3 Å². The predicted molar refractivity (Wildman–Crippen MR) is 88.1 cm³/mol. The molecule has 1 atom stereocenters. The smallest absolute Gasteiger partial charge is 0.354 e. The lowest BCUT2D eigenvalue weighted by atomic mass is 9.90. The first-order valence-corrected chi connectivity index (χ1v) is 8.64. The van der Waals surface area contributed by atoms with Gasteiger partial charge in [-0.2, -0.15) is 0 Å². The Bertz CT molecular complexity index is 852. The van der Waals surface area contributed by atoms with Crippen LogP contribution in [0.4, 0.5) is 13.2 Å². The summed E-state index contributed by atoms with van der Waals surface area (Å²) in [4.78, 5) is 14.5. The van der Waals surface area contributed by atoms with Crippen molar-refractivity contribution < 1.29 is 33.3 Å².